The smallest absolute Gasteiger partial charge is 0.0458 e. The van der Waals surface area contributed by atoms with Crippen LogP contribution in [0.2, 0.25) is 0 Å². The molecule has 1 unspecified atom stereocenters. The highest BCUT2D eigenvalue weighted by Crippen LogP contribution is 2.36. The molecular formula is C42H45N. The van der Waals surface area contributed by atoms with Gasteiger partial charge in [0.15, 0.2) is 0 Å². The van der Waals surface area contributed by atoms with Crippen molar-refractivity contribution in [2.75, 3.05) is 4.90 Å². The first-order valence-corrected chi connectivity index (χ1v) is 14.9. The molecule has 0 aliphatic carbocycles. The summed E-state index contributed by atoms with van der Waals surface area (Å²) in [5, 5.41) is 0. The predicted molar refractivity (Wildman–Crippen MR) is 192 cm³/mol. The number of hydrogen-bond donors (Lipinski definition) is 0. The molecule has 43 heavy (non-hydrogen) atoms. The van der Waals surface area contributed by atoms with E-state index in [1.54, 1.807) is 6.08 Å². The Morgan fingerprint density at radius 3 is 2.00 bits per heavy atom. The van der Waals surface area contributed by atoms with E-state index in [-0.39, 0.29) is 5.92 Å². The van der Waals surface area contributed by atoms with Crippen molar-refractivity contribution in [3.63, 3.8) is 0 Å². The van der Waals surface area contributed by atoms with E-state index in [4.69, 9.17) is 0 Å². The number of hydrogen-bond acceptors (Lipinski definition) is 1. The maximum Gasteiger partial charge on any atom is 0.0458 e. The van der Waals surface area contributed by atoms with Gasteiger partial charge in [-0.1, -0.05) is 140 Å². The third kappa shape index (κ3) is 10.2. The van der Waals surface area contributed by atoms with Gasteiger partial charge in [-0.15, -0.1) is 6.58 Å². The van der Waals surface area contributed by atoms with Gasteiger partial charge in [-0.25, -0.2) is 0 Å². The maximum atomic E-state index is 4.05. The molecule has 3 aromatic carbocycles. The average molecular weight is 564 g/mol. The second kappa shape index (κ2) is 17.8. The summed E-state index contributed by atoms with van der Waals surface area (Å²) >= 11 is 0. The van der Waals surface area contributed by atoms with Crippen LogP contribution in [0.25, 0.3) is 22.3 Å². The lowest BCUT2D eigenvalue weighted by molar-refractivity contribution is 0.831. The van der Waals surface area contributed by atoms with Crippen molar-refractivity contribution in [2.45, 2.75) is 34.1 Å². The first kappa shape index (κ1) is 32.6. The van der Waals surface area contributed by atoms with Gasteiger partial charge >= 0.3 is 0 Å². The van der Waals surface area contributed by atoms with E-state index in [0.29, 0.717) is 0 Å². The first-order chi connectivity index (χ1) is 21.0. The third-order valence-electron chi connectivity index (χ3n) is 7.25. The number of nitrogens with zero attached hydrogens (tertiary/aromatic N) is 1. The Balaban J connectivity index is 2.08. The van der Waals surface area contributed by atoms with Gasteiger partial charge in [-0.05, 0) is 91.6 Å². The highest BCUT2D eigenvalue weighted by molar-refractivity contribution is 5.86. The van der Waals surface area contributed by atoms with E-state index < -0.39 is 0 Å². The molecule has 0 aromatic heterocycles. The molecular weight excluding hydrogens is 518 g/mol. The first-order valence-electron chi connectivity index (χ1n) is 14.9. The maximum absolute atomic E-state index is 4.05. The van der Waals surface area contributed by atoms with Crippen LogP contribution in [-0.2, 0) is 0 Å². The zero-order chi connectivity index (χ0) is 30.9. The molecule has 1 atom stereocenters. The van der Waals surface area contributed by atoms with Gasteiger partial charge in [-0.2, -0.15) is 0 Å². The van der Waals surface area contributed by atoms with Crippen LogP contribution in [0.1, 0.15) is 34.1 Å². The fourth-order valence-corrected chi connectivity index (χ4v) is 4.57. The Hall–Kier alpha value is -4.88. The fraction of sp³-hybridized carbons (Fsp3) is 0.143. The van der Waals surface area contributed by atoms with E-state index in [1.807, 2.05) is 25.2 Å². The molecule has 3 aromatic rings. The summed E-state index contributed by atoms with van der Waals surface area (Å²) in [5.74, 6) is 0.235. The number of allylic oxidation sites excluding steroid dienone is 15. The Kier molecular flexibility index (Phi) is 13.5. The standard InChI is InChI=1S/C42H45N/c1-7-10-12-15-22-37(9-3)23-20-32-43(36(6)29-28-35(5)34(4)21-11-8-2)40-30-31-41(38-24-16-13-17-25-38)42(33-40)39-26-18-14-19-27-39/h7-22,24-33,37H,1,3,23H2,2,4-6H3/b11-8-,12-10-,22-15+,32-20+,34-21+,35-28+,36-29+. The van der Waals surface area contributed by atoms with E-state index in [9.17, 15) is 0 Å². The second-order valence-corrected chi connectivity index (χ2v) is 10.4. The lowest BCUT2D eigenvalue weighted by Gasteiger charge is -2.24. The van der Waals surface area contributed by atoms with Crippen LogP contribution in [0, 0.1) is 5.92 Å². The highest BCUT2D eigenvalue weighted by Gasteiger charge is 2.13. The number of rotatable bonds is 14. The minimum Gasteiger partial charge on any atom is -0.321 e. The molecule has 0 saturated heterocycles. The molecule has 0 N–H and O–H groups in total. The van der Waals surface area contributed by atoms with Gasteiger partial charge in [0.05, 0.1) is 0 Å². The highest BCUT2D eigenvalue weighted by atomic mass is 15.1. The van der Waals surface area contributed by atoms with Gasteiger partial charge in [0.25, 0.3) is 0 Å². The molecule has 0 fully saturated rings. The van der Waals surface area contributed by atoms with Crippen molar-refractivity contribution in [3.8, 4) is 22.3 Å². The molecule has 0 bridgehead atoms. The lowest BCUT2D eigenvalue weighted by atomic mass is 9.94. The minimum absolute atomic E-state index is 0.235. The van der Waals surface area contributed by atoms with Crippen LogP contribution in [0.3, 0.4) is 0 Å². The normalized spacial score (nSPS) is 13.8. The van der Waals surface area contributed by atoms with Crippen LogP contribution in [0.4, 0.5) is 5.69 Å². The van der Waals surface area contributed by atoms with Gasteiger partial charge in [0.2, 0.25) is 0 Å². The minimum atomic E-state index is 0.235. The van der Waals surface area contributed by atoms with Crippen molar-refractivity contribution >= 4 is 5.69 Å². The summed E-state index contributed by atoms with van der Waals surface area (Å²) in [6, 6.07) is 28.0. The topological polar surface area (TPSA) is 3.24 Å². The van der Waals surface area contributed by atoms with Crippen LogP contribution in [-0.4, -0.2) is 0 Å². The Bertz CT molecular complexity index is 1540. The number of anilines is 1. The molecule has 3 rings (SSSR count). The second-order valence-electron chi connectivity index (χ2n) is 10.4. The molecule has 0 amide bonds. The lowest BCUT2D eigenvalue weighted by Crippen LogP contribution is -2.13. The quantitative estimate of drug-likeness (QED) is 0.139. The average Bonchev–Trinajstić information content (AvgIpc) is 3.05. The summed E-state index contributed by atoms with van der Waals surface area (Å²) in [4.78, 5) is 2.28. The van der Waals surface area contributed by atoms with Crippen molar-refractivity contribution < 1.29 is 0 Å². The summed E-state index contributed by atoms with van der Waals surface area (Å²) < 4.78 is 0. The zero-order valence-electron chi connectivity index (χ0n) is 26.2. The zero-order valence-corrected chi connectivity index (χ0v) is 26.2. The molecule has 0 saturated carbocycles. The summed E-state index contributed by atoms with van der Waals surface area (Å²) in [5.41, 5.74) is 9.52. The van der Waals surface area contributed by atoms with Crippen molar-refractivity contribution in [1.29, 1.82) is 0 Å². The molecule has 218 valence electrons. The van der Waals surface area contributed by atoms with E-state index in [0.717, 1.165) is 17.8 Å². The van der Waals surface area contributed by atoms with Crippen LogP contribution in [0.15, 0.2) is 188 Å². The molecule has 0 radical (unpaired) electrons. The van der Waals surface area contributed by atoms with E-state index >= 15 is 0 Å². The largest absolute Gasteiger partial charge is 0.321 e. The Morgan fingerprint density at radius 1 is 0.721 bits per heavy atom. The Morgan fingerprint density at radius 2 is 1.37 bits per heavy atom. The SMILES string of the molecule is C=C/C=C\C=C\C(C=C)C/C=C/N(/C(C)=C/C=C(C)/C(C)=C/C=C\C)c1ccc(-c2ccccc2)c(-c2ccccc2)c1. The fourth-order valence-electron chi connectivity index (χ4n) is 4.57. The summed E-state index contributed by atoms with van der Waals surface area (Å²) in [7, 11) is 0. The third-order valence-corrected chi connectivity index (χ3v) is 7.25. The molecule has 1 nitrogen and oxygen atoms in total. The molecule has 0 aliphatic rings. The van der Waals surface area contributed by atoms with Gasteiger partial charge in [0, 0.05) is 17.6 Å². The van der Waals surface area contributed by atoms with Crippen LogP contribution >= 0.6 is 0 Å². The van der Waals surface area contributed by atoms with E-state index in [1.165, 1.54) is 33.4 Å². The number of benzene rings is 3. The van der Waals surface area contributed by atoms with Gasteiger partial charge < -0.3 is 4.90 Å². The molecule has 0 aliphatic heterocycles. The van der Waals surface area contributed by atoms with Gasteiger partial charge in [0.1, 0.15) is 0 Å². The predicted octanol–water partition coefficient (Wildman–Crippen LogP) is 12.2. The molecule has 0 heterocycles. The van der Waals surface area contributed by atoms with Crippen molar-refractivity contribution in [1.82, 2.24) is 0 Å². The monoisotopic (exact) mass is 563 g/mol. The van der Waals surface area contributed by atoms with Crippen molar-refractivity contribution in [3.05, 3.63) is 188 Å². The summed E-state index contributed by atoms with van der Waals surface area (Å²) in [6.07, 6.45) is 27.8. The summed E-state index contributed by atoms with van der Waals surface area (Å²) in [6.45, 7) is 16.3. The Labute approximate surface area is 260 Å². The van der Waals surface area contributed by atoms with Gasteiger partial charge in [-0.3, -0.25) is 0 Å². The molecule has 0 spiro atoms. The van der Waals surface area contributed by atoms with Crippen LogP contribution < -0.4 is 4.90 Å². The van der Waals surface area contributed by atoms with Crippen molar-refractivity contribution in [2.24, 2.45) is 5.92 Å². The van der Waals surface area contributed by atoms with E-state index in [2.05, 4.69) is 172 Å². The van der Waals surface area contributed by atoms with Crippen LogP contribution in [0.5, 0.6) is 0 Å². The molecule has 1 heteroatoms.